The Labute approximate surface area is 201 Å². The number of carbonyl (C=O) groups excluding carboxylic acids is 1. The van der Waals surface area contributed by atoms with Crippen molar-refractivity contribution in [2.24, 2.45) is 0 Å². The van der Waals surface area contributed by atoms with Crippen LogP contribution in [0.1, 0.15) is 29.6 Å². The Bertz CT molecular complexity index is 1340. The van der Waals surface area contributed by atoms with E-state index in [0.717, 1.165) is 49.9 Å². The van der Waals surface area contributed by atoms with Crippen LogP contribution in [0.3, 0.4) is 0 Å². The molecule has 2 aromatic carbocycles. The Morgan fingerprint density at radius 1 is 1.00 bits per heavy atom. The summed E-state index contributed by atoms with van der Waals surface area (Å²) in [5.74, 6) is -0.153. The molecular formula is C23H23N5O6S. The zero-order chi connectivity index (χ0) is 25.0. The van der Waals surface area contributed by atoms with E-state index in [1.165, 1.54) is 30.7 Å². The molecular weight excluding hydrogens is 474 g/mol. The number of benzene rings is 2. The number of piperidine rings is 1. The molecule has 11 nitrogen and oxygen atoms in total. The number of nitrogens with zero attached hydrogens (tertiary/aromatic N) is 3. The monoisotopic (exact) mass is 497 g/mol. The summed E-state index contributed by atoms with van der Waals surface area (Å²) < 4.78 is 27.5. The summed E-state index contributed by atoms with van der Waals surface area (Å²) in [5.41, 5.74) is 0.269. The van der Waals surface area contributed by atoms with E-state index in [-0.39, 0.29) is 16.5 Å². The molecule has 4 rings (SSSR count). The molecule has 3 N–H and O–H groups in total. The van der Waals surface area contributed by atoms with Gasteiger partial charge in [0, 0.05) is 30.4 Å². The lowest BCUT2D eigenvalue weighted by Gasteiger charge is -2.27. The van der Waals surface area contributed by atoms with Gasteiger partial charge in [0.25, 0.3) is 15.9 Å². The largest absolute Gasteiger partial charge is 0.502 e. The number of hydrogen-bond donors (Lipinski definition) is 3. The van der Waals surface area contributed by atoms with Crippen molar-refractivity contribution in [1.29, 1.82) is 0 Å². The van der Waals surface area contributed by atoms with Gasteiger partial charge in [0.1, 0.15) is 5.82 Å². The number of carbonyl (C=O) groups is 1. The summed E-state index contributed by atoms with van der Waals surface area (Å²) in [4.78, 5) is 28.9. The highest BCUT2D eigenvalue weighted by molar-refractivity contribution is 7.92. The van der Waals surface area contributed by atoms with Crippen molar-refractivity contribution in [2.75, 3.05) is 28.0 Å². The topological polar surface area (TPSA) is 155 Å². The van der Waals surface area contributed by atoms with E-state index in [2.05, 4.69) is 19.9 Å². The molecule has 1 saturated heterocycles. The highest BCUT2D eigenvalue weighted by atomic mass is 32.2. The molecule has 0 spiro atoms. The zero-order valence-electron chi connectivity index (χ0n) is 18.5. The Morgan fingerprint density at radius 3 is 2.31 bits per heavy atom. The molecule has 1 aliphatic heterocycles. The van der Waals surface area contributed by atoms with Crippen LogP contribution < -0.4 is 14.9 Å². The van der Waals surface area contributed by atoms with Gasteiger partial charge in [-0.1, -0.05) is 0 Å². The molecule has 0 bridgehead atoms. The van der Waals surface area contributed by atoms with Crippen LogP contribution in [0.2, 0.25) is 0 Å². The van der Waals surface area contributed by atoms with Gasteiger partial charge < -0.3 is 15.3 Å². The molecule has 35 heavy (non-hydrogen) atoms. The molecule has 1 aromatic heterocycles. The predicted octanol–water partition coefficient (Wildman–Crippen LogP) is 3.74. The van der Waals surface area contributed by atoms with Crippen molar-refractivity contribution in [3.05, 3.63) is 76.5 Å². The van der Waals surface area contributed by atoms with Crippen molar-refractivity contribution in [2.45, 2.75) is 24.2 Å². The maximum atomic E-state index is 12.6. The van der Waals surface area contributed by atoms with Crippen molar-refractivity contribution in [3.63, 3.8) is 0 Å². The number of nitrogens with one attached hydrogen (secondary N) is 2. The Balaban J connectivity index is 1.40. The standard InChI is InChI=1S/C23H23N5O6S/c29-21-10-9-19(14-20(21)28(31)32)35(33,34)26-17-6-4-16(5-7-17)23(30)25-18-8-11-22(24-15-18)27-12-2-1-3-13-27/h4-11,14-15,26,29H,1-3,12-13H2,(H,25,30). The van der Waals surface area contributed by atoms with Crippen LogP contribution in [0.4, 0.5) is 22.9 Å². The number of amides is 1. The van der Waals surface area contributed by atoms with E-state index in [1.54, 1.807) is 12.3 Å². The summed E-state index contributed by atoms with van der Waals surface area (Å²) in [6.07, 6.45) is 5.10. The first-order valence-electron chi connectivity index (χ1n) is 10.9. The first kappa shape index (κ1) is 24.0. The molecule has 3 aromatic rings. The second kappa shape index (κ2) is 9.97. The number of anilines is 3. The molecule has 0 aliphatic carbocycles. The normalized spacial score (nSPS) is 13.8. The van der Waals surface area contributed by atoms with Gasteiger partial charge >= 0.3 is 5.69 Å². The van der Waals surface area contributed by atoms with E-state index in [1.807, 2.05) is 6.07 Å². The third-order valence-electron chi connectivity index (χ3n) is 5.54. The van der Waals surface area contributed by atoms with Gasteiger partial charge in [0.05, 0.1) is 21.7 Å². The molecule has 0 atom stereocenters. The minimum Gasteiger partial charge on any atom is -0.502 e. The first-order chi connectivity index (χ1) is 16.7. The number of sulfonamides is 1. The number of rotatable bonds is 7. The molecule has 1 fully saturated rings. The van der Waals surface area contributed by atoms with Crippen LogP contribution in [0.5, 0.6) is 5.75 Å². The van der Waals surface area contributed by atoms with E-state index in [9.17, 15) is 28.4 Å². The number of phenolic OH excluding ortho intramolecular Hbond substituents is 1. The van der Waals surface area contributed by atoms with Crippen LogP contribution in [-0.2, 0) is 10.0 Å². The fourth-order valence-corrected chi connectivity index (χ4v) is 4.77. The number of nitro benzene ring substituents is 1. The van der Waals surface area contributed by atoms with E-state index in [0.29, 0.717) is 11.3 Å². The number of phenols is 1. The van der Waals surface area contributed by atoms with Gasteiger partial charge in [-0.25, -0.2) is 13.4 Å². The fourth-order valence-electron chi connectivity index (χ4n) is 3.69. The highest BCUT2D eigenvalue weighted by Gasteiger charge is 2.21. The smallest absolute Gasteiger partial charge is 0.312 e. The predicted molar refractivity (Wildman–Crippen MR) is 130 cm³/mol. The maximum absolute atomic E-state index is 12.6. The van der Waals surface area contributed by atoms with Gasteiger partial charge in [-0.2, -0.15) is 0 Å². The van der Waals surface area contributed by atoms with Crippen LogP contribution in [-0.4, -0.2) is 42.4 Å². The minimum atomic E-state index is -4.16. The van der Waals surface area contributed by atoms with E-state index >= 15 is 0 Å². The highest BCUT2D eigenvalue weighted by Crippen LogP contribution is 2.29. The number of nitro groups is 1. The lowest BCUT2D eigenvalue weighted by Crippen LogP contribution is -2.30. The summed E-state index contributed by atoms with van der Waals surface area (Å²) in [7, 11) is -4.16. The Morgan fingerprint density at radius 2 is 1.69 bits per heavy atom. The summed E-state index contributed by atoms with van der Waals surface area (Å²) >= 11 is 0. The van der Waals surface area contributed by atoms with Gasteiger partial charge in [-0.05, 0) is 67.8 Å². The summed E-state index contributed by atoms with van der Waals surface area (Å²) in [6, 6.07) is 12.1. The van der Waals surface area contributed by atoms with Crippen molar-refractivity contribution >= 4 is 38.8 Å². The third-order valence-corrected chi connectivity index (χ3v) is 6.92. The Kier molecular flexibility index (Phi) is 6.82. The number of hydrogen-bond acceptors (Lipinski definition) is 8. The Hall–Kier alpha value is -4.19. The lowest BCUT2D eigenvalue weighted by atomic mass is 10.1. The molecule has 2 heterocycles. The number of aromatic hydroxyl groups is 1. The average molecular weight is 498 g/mol. The number of aromatic nitrogens is 1. The maximum Gasteiger partial charge on any atom is 0.312 e. The van der Waals surface area contributed by atoms with Gasteiger partial charge in [-0.15, -0.1) is 0 Å². The molecule has 0 radical (unpaired) electrons. The van der Waals surface area contributed by atoms with Gasteiger partial charge in [0.2, 0.25) is 0 Å². The molecule has 1 aliphatic rings. The molecule has 12 heteroatoms. The second-order valence-electron chi connectivity index (χ2n) is 8.00. The summed E-state index contributed by atoms with van der Waals surface area (Å²) in [5, 5.41) is 23.2. The van der Waals surface area contributed by atoms with E-state index in [4.69, 9.17) is 0 Å². The molecule has 182 valence electrons. The number of pyridine rings is 1. The minimum absolute atomic E-state index is 0.157. The van der Waals surface area contributed by atoms with Crippen LogP contribution >= 0.6 is 0 Å². The average Bonchev–Trinajstić information content (AvgIpc) is 2.85. The molecule has 0 saturated carbocycles. The second-order valence-corrected chi connectivity index (χ2v) is 9.68. The summed E-state index contributed by atoms with van der Waals surface area (Å²) in [6.45, 7) is 1.94. The molecule has 0 unspecified atom stereocenters. The van der Waals surface area contributed by atoms with Crippen molar-refractivity contribution in [1.82, 2.24) is 4.98 Å². The van der Waals surface area contributed by atoms with Crippen LogP contribution in [0, 0.1) is 10.1 Å². The van der Waals surface area contributed by atoms with Crippen LogP contribution in [0.15, 0.2) is 65.7 Å². The van der Waals surface area contributed by atoms with Gasteiger partial charge in [-0.3, -0.25) is 19.6 Å². The van der Waals surface area contributed by atoms with Crippen molar-refractivity contribution < 1.29 is 23.2 Å². The molecule has 1 amide bonds. The SMILES string of the molecule is O=C(Nc1ccc(N2CCCCC2)nc1)c1ccc(NS(=O)(=O)c2ccc(O)c([N+](=O)[O-])c2)cc1. The first-order valence-corrected chi connectivity index (χ1v) is 12.3. The van der Waals surface area contributed by atoms with Gasteiger partial charge in [0.15, 0.2) is 5.75 Å². The third kappa shape index (κ3) is 5.66. The quantitative estimate of drug-likeness (QED) is 0.329. The lowest BCUT2D eigenvalue weighted by molar-refractivity contribution is -0.386. The van der Waals surface area contributed by atoms with Crippen molar-refractivity contribution in [3.8, 4) is 5.75 Å². The van der Waals surface area contributed by atoms with E-state index < -0.39 is 26.4 Å². The fraction of sp³-hybridized carbons (Fsp3) is 0.217. The zero-order valence-corrected chi connectivity index (χ0v) is 19.4. The van der Waals surface area contributed by atoms with Crippen LogP contribution in [0.25, 0.3) is 0 Å².